The third-order valence-corrected chi connectivity index (χ3v) is 3.72. The van der Waals surface area contributed by atoms with Crippen molar-refractivity contribution in [2.75, 3.05) is 0 Å². The lowest BCUT2D eigenvalue weighted by Crippen LogP contribution is -1.98. The number of hydrogen-bond donors (Lipinski definition) is 1. The van der Waals surface area contributed by atoms with E-state index in [1.807, 2.05) is 32.0 Å². The second-order valence-corrected chi connectivity index (χ2v) is 5.01. The average Bonchev–Trinajstić information content (AvgIpc) is 2.92. The standard InChI is InChI=1S/C15H17NO3/c1-9-14(10(2)19-16-9)8-18-12-4-5-13-11(7-12)3-6-15(13)17/h4-5,7,15,17H,3,6,8H2,1-2H3/t15-/m1/s1. The lowest BCUT2D eigenvalue weighted by molar-refractivity contribution is 0.180. The maximum Gasteiger partial charge on any atom is 0.140 e. The molecule has 0 saturated heterocycles. The Morgan fingerprint density at radius 1 is 1.42 bits per heavy atom. The van der Waals surface area contributed by atoms with Gasteiger partial charge in [-0.15, -0.1) is 0 Å². The van der Waals surface area contributed by atoms with Crippen LogP contribution < -0.4 is 4.74 Å². The van der Waals surface area contributed by atoms with E-state index in [0.29, 0.717) is 6.61 Å². The minimum Gasteiger partial charge on any atom is -0.489 e. The Bertz CT molecular complexity index is 584. The van der Waals surface area contributed by atoms with Crippen molar-refractivity contribution >= 4 is 0 Å². The van der Waals surface area contributed by atoms with Gasteiger partial charge in [-0.2, -0.15) is 0 Å². The fourth-order valence-corrected chi connectivity index (χ4v) is 2.52. The van der Waals surface area contributed by atoms with E-state index < -0.39 is 0 Å². The van der Waals surface area contributed by atoms with Crippen LogP contribution in [0.1, 0.15) is 40.7 Å². The zero-order valence-corrected chi connectivity index (χ0v) is 11.1. The van der Waals surface area contributed by atoms with Crippen molar-refractivity contribution in [2.24, 2.45) is 0 Å². The van der Waals surface area contributed by atoms with Crippen LogP contribution in [0, 0.1) is 13.8 Å². The molecule has 100 valence electrons. The minimum atomic E-state index is -0.313. The SMILES string of the molecule is Cc1noc(C)c1COc1ccc2c(c1)CC[C@H]2O. The summed E-state index contributed by atoms with van der Waals surface area (Å²) >= 11 is 0. The summed E-state index contributed by atoms with van der Waals surface area (Å²) in [6, 6.07) is 5.88. The third kappa shape index (κ3) is 2.24. The summed E-state index contributed by atoms with van der Waals surface area (Å²) in [6.07, 6.45) is 1.41. The zero-order valence-electron chi connectivity index (χ0n) is 11.1. The first-order chi connectivity index (χ1) is 9.15. The molecule has 0 fully saturated rings. The number of aliphatic hydroxyl groups is 1. The highest BCUT2D eigenvalue weighted by Gasteiger charge is 2.20. The lowest BCUT2D eigenvalue weighted by Gasteiger charge is -2.09. The van der Waals surface area contributed by atoms with E-state index in [4.69, 9.17) is 9.26 Å². The summed E-state index contributed by atoms with van der Waals surface area (Å²) in [6.45, 7) is 4.26. The highest BCUT2D eigenvalue weighted by atomic mass is 16.5. The van der Waals surface area contributed by atoms with Crippen molar-refractivity contribution < 1.29 is 14.4 Å². The van der Waals surface area contributed by atoms with Gasteiger partial charge in [0.05, 0.1) is 17.4 Å². The molecule has 1 aliphatic carbocycles. The number of aliphatic hydroxyl groups excluding tert-OH is 1. The van der Waals surface area contributed by atoms with Crippen LogP contribution in [-0.4, -0.2) is 10.3 Å². The van der Waals surface area contributed by atoms with E-state index in [2.05, 4.69) is 5.16 Å². The summed E-state index contributed by atoms with van der Waals surface area (Å²) in [7, 11) is 0. The second kappa shape index (κ2) is 4.70. The van der Waals surface area contributed by atoms with Gasteiger partial charge >= 0.3 is 0 Å². The molecule has 0 spiro atoms. The van der Waals surface area contributed by atoms with Crippen molar-refractivity contribution in [2.45, 2.75) is 39.4 Å². The number of benzene rings is 1. The van der Waals surface area contributed by atoms with Gasteiger partial charge in [0.2, 0.25) is 0 Å². The smallest absolute Gasteiger partial charge is 0.140 e. The molecule has 1 aromatic heterocycles. The van der Waals surface area contributed by atoms with Crippen LogP contribution in [0.4, 0.5) is 0 Å². The number of rotatable bonds is 3. The number of aromatic nitrogens is 1. The largest absolute Gasteiger partial charge is 0.489 e. The fourth-order valence-electron chi connectivity index (χ4n) is 2.52. The lowest BCUT2D eigenvalue weighted by atomic mass is 10.1. The van der Waals surface area contributed by atoms with Crippen LogP contribution in [0.15, 0.2) is 22.7 Å². The molecule has 4 heteroatoms. The highest BCUT2D eigenvalue weighted by Crippen LogP contribution is 2.33. The van der Waals surface area contributed by atoms with Crippen molar-refractivity contribution in [3.8, 4) is 5.75 Å². The zero-order chi connectivity index (χ0) is 13.4. The molecule has 1 N–H and O–H groups in total. The summed E-state index contributed by atoms with van der Waals surface area (Å²) in [5.41, 5.74) is 4.09. The Balaban J connectivity index is 1.75. The molecule has 2 aromatic rings. The number of hydrogen-bond acceptors (Lipinski definition) is 4. The normalized spacial score (nSPS) is 17.5. The number of aryl methyl sites for hydroxylation is 3. The number of fused-ring (bicyclic) bond motifs is 1. The maximum atomic E-state index is 9.76. The Morgan fingerprint density at radius 2 is 2.26 bits per heavy atom. The number of ether oxygens (including phenoxy) is 1. The van der Waals surface area contributed by atoms with Gasteiger partial charge in [-0.1, -0.05) is 11.2 Å². The van der Waals surface area contributed by atoms with Crippen molar-refractivity contribution in [1.29, 1.82) is 0 Å². The molecule has 1 atom stereocenters. The molecule has 0 radical (unpaired) electrons. The van der Waals surface area contributed by atoms with E-state index in [1.165, 1.54) is 5.56 Å². The first-order valence-electron chi connectivity index (χ1n) is 6.50. The Hall–Kier alpha value is -1.81. The van der Waals surface area contributed by atoms with Crippen molar-refractivity contribution in [3.05, 3.63) is 46.3 Å². The maximum absolute atomic E-state index is 9.76. The van der Waals surface area contributed by atoms with E-state index in [0.717, 1.165) is 41.2 Å². The molecule has 0 saturated carbocycles. The average molecular weight is 259 g/mol. The highest BCUT2D eigenvalue weighted by molar-refractivity contribution is 5.40. The molecule has 1 aromatic carbocycles. The Kier molecular flexibility index (Phi) is 3.03. The predicted molar refractivity (Wildman–Crippen MR) is 70.0 cm³/mol. The van der Waals surface area contributed by atoms with Crippen LogP contribution in [0.25, 0.3) is 0 Å². The van der Waals surface area contributed by atoms with Crippen molar-refractivity contribution in [1.82, 2.24) is 5.16 Å². The van der Waals surface area contributed by atoms with Gasteiger partial charge in [-0.3, -0.25) is 0 Å². The first kappa shape index (κ1) is 12.2. The quantitative estimate of drug-likeness (QED) is 0.920. The second-order valence-electron chi connectivity index (χ2n) is 5.01. The van der Waals surface area contributed by atoms with Crippen LogP contribution in [0.2, 0.25) is 0 Å². The molecule has 0 amide bonds. The topological polar surface area (TPSA) is 55.5 Å². The molecule has 19 heavy (non-hydrogen) atoms. The van der Waals surface area contributed by atoms with Gasteiger partial charge < -0.3 is 14.4 Å². The van der Waals surface area contributed by atoms with Crippen molar-refractivity contribution in [3.63, 3.8) is 0 Å². The molecule has 3 rings (SSSR count). The van der Waals surface area contributed by atoms with Crippen LogP contribution in [-0.2, 0) is 13.0 Å². The van der Waals surface area contributed by atoms with Gasteiger partial charge in [0.15, 0.2) is 0 Å². The third-order valence-electron chi connectivity index (χ3n) is 3.72. The molecule has 0 aliphatic heterocycles. The Morgan fingerprint density at radius 3 is 3.00 bits per heavy atom. The van der Waals surface area contributed by atoms with Gasteiger partial charge in [-0.25, -0.2) is 0 Å². The van der Waals surface area contributed by atoms with E-state index in [9.17, 15) is 5.11 Å². The van der Waals surface area contributed by atoms with Crippen LogP contribution >= 0.6 is 0 Å². The van der Waals surface area contributed by atoms with E-state index in [-0.39, 0.29) is 6.10 Å². The summed E-state index contributed by atoms with van der Waals surface area (Å²) in [4.78, 5) is 0. The molecule has 0 unspecified atom stereocenters. The molecular weight excluding hydrogens is 242 g/mol. The molecule has 0 bridgehead atoms. The molecule has 4 nitrogen and oxygen atoms in total. The summed E-state index contributed by atoms with van der Waals surface area (Å²) < 4.78 is 10.9. The monoisotopic (exact) mass is 259 g/mol. The minimum absolute atomic E-state index is 0.313. The van der Waals surface area contributed by atoms with Crippen LogP contribution in [0.5, 0.6) is 5.75 Å². The summed E-state index contributed by atoms with van der Waals surface area (Å²) in [5.74, 6) is 1.63. The predicted octanol–water partition coefficient (Wildman–Crippen LogP) is 2.85. The molecule has 1 aliphatic rings. The van der Waals surface area contributed by atoms with E-state index in [1.54, 1.807) is 0 Å². The van der Waals surface area contributed by atoms with Gasteiger partial charge in [0, 0.05) is 0 Å². The number of nitrogens with zero attached hydrogens (tertiary/aromatic N) is 1. The van der Waals surface area contributed by atoms with Gasteiger partial charge in [-0.05, 0) is 49.9 Å². The Labute approximate surface area is 112 Å². The summed E-state index contributed by atoms with van der Waals surface area (Å²) in [5, 5.41) is 13.7. The molecular formula is C15H17NO3. The molecule has 1 heterocycles. The van der Waals surface area contributed by atoms with E-state index >= 15 is 0 Å². The first-order valence-corrected chi connectivity index (χ1v) is 6.50. The van der Waals surface area contributed by atoms with Gasteiger partial charge in [0.1, 0.15) is 18.1 Å². The fraction of sp³-hybridized carbons (Fsp3) is 0.400. The van der Waals surface area contributed by atoms with Crippen LogP contribution in [0.3, 0.4) is 0 Å². The van der Waals surface area contributed by atoms with Gasteiger partial charge in [0.25, 0.3) is 0 Å².